The highest BCUT2D eigenvalue weighted by Crippen LogP contribution is 2.07. The Hall–Kier alpha value is -2.96. The van der Waals surface area contributed by atoms with Gasteiger partial charge >= 0.3 is 0 Å². The number of aliphatic imine (C=N–C) groups is 1. The Morgan fingerprint density at radius 3 is 2.64 bits per heavy atom. The zero-order chi connectivity index (χ0) is 17.7. The average molecular weight is 344 g/mol. The number of benzene rings is 1. The van der Waals surface area contributed by atoms with E-state index in [1.54, 1.807) is 12.1 Å². The Kier molecular flexibility index (Phi) is 7.90. The number of nitrogens with zero attached hydrogens (tertiary/aromatic N) is 1. The molecular formula is C18H24N4O3. The van der Waals surface area contributed by atoms with Crippen LogP contribution in [0.1, 0.15) is 17.5 Å². The molecule has 0 saturated carbocycles. The number of rotatable bonds is 9. The molecule has 0 saturated heterocycles. The first-order valence-electron chi connectivity index (χ1n) is 8.31. The quantitative estimate of drug-likeness (QED) is 0.366. The molecule has 0 spiro atoms. The summed E-state index contributed by atoms with van der Waals surface area (Å²) >= 11 is 0. The van der Waals surface area contributed by atoms with Gasteiger partial charge in [-0.1, -0.05) is 18.2 Å². The molecule has 134 valence electrons. The lowest BCUT2D eigenvalue weighted by atomic mass is 10.3. The van der Waals surface area contributed by atoms with Crippen LogP contribution in [0.4, 0.5) is 0 Å². The van der Waals surface area contributed by atoms with Crippen molar-refractivity contribution in [3.8, 4) is 5.75 Å². The van der Waals surface area contributed by atoms with Crippen molar-refractivity contribution < 1.29 is 13.9 Å². The van der Waals surface area contributed by atoms with Crippen molar-refractivity contribution in [3.05, 3.63) is 54.5 Å². The first-order valence-corrected chi connectivity index (χ1v) is 8.31. The van der Waals surface area contributed by atoms with Gasteiger partial charge in [0.25, 0.3) is 5.91 Å². The molecule has 0 aliphatic carbocycles. The highest BCUT2D eigenvalue weighted by molar-refractivity contribution is 5.91. The Morgan fingerprint density at radius 2 is 1.92 bits per heavy atom. The zero-order valence-electron chi connectivity index (χ0n) is 14.3. The lowest BCUT2D eigenvalue weighted by Crippen LogP contribution is -2.40. The summed E-state index contributed by atoms with van der Waals surface area (Å²) in [5.41, 5.74) is 0. The number of carbonyl (C=O) groups excluding carboxylic acids is 1. The summed E-state index contributed by atoms with van der Waals surface area (Å²) in [6.07, 6.45) is 1.47. The first kappa shape index (κ1) is 18.4. The molecule has 7 heteroatoms. The topological polar surface area (TPSA) is 87.9 Å². The second-order valence-corrected chi connectivity index (χ2v) is 5.08. The molecule has 0 fully saturated rings. The number of furan rings is 1. The molecule has 1 aromatic carbocycles. The van der Waals surface area contributed by atoms with Gasteiger partial charge in [0, 0.05) is 13.1 Å². The smallest absolute Gasteiger partial charge is 0.287 e. The van der Waals surface area contributed by atoms with Gasteiger partial charge < -0.3 is 25.1 Å². The van der Waals surface area contributed by atoms with E-state index >= 15 is 0 Å². The van der Waals surface area contributed by atoms with E-state index < -0.39 is 0 Å². The third-order valence-electron chi connectivity index (χ3n) is 3.16. The minimum Gasteiger partial charge on any atom is -0.492 e. The zero-order valence-corrected chi connectivity index (χ0v) is 14.3. The largest absolute Gasteiger partial charge is 0.492 e. The van der Waals surface area contributed by atoms with E-state index in [1.165, 1.54) is 6.26 Å². The van der Waals surface area contributed by atoms with Crippen LogP contribution in [0, 0.1) is 0 Å². The van der Waals surface area contributed by atoms with Gasteiger partial charge in [-0.05, 0) is 31.2 Å². The lowest BCUT2D eigenvalue weighted by Gasteiger charge is -2.12. The fourth-order valence-electron chi connectivity index (χ4n) is 2.03. The van der Waals surface area contributed by atoms with E-state index in [9.17, 15) is 4.79 Å². The van der Waals surface area contributed by atoms with Gasteiger partial charge in [-0.2, -0.15) is 0 Å². The molecule has 2 aromatic rings. The summed E-state index contributed by atoms with van der Waals surface area (Å²) in [6, 6.07) is 13.0. The number of carbonyl (C=O) groups is 1. The lowest BCUT2D eigenvalue weighted by molar-refractivity contribution is 0.0927. The number of hydrogen-bond acceptors (Lipinski definition) is 4. The summed E-state index contributed by atoms with van der Waals surface area (Å²) in [7, 11) is 0. The van der Waals surface area contributed by atoms with Crippen LogP contribution in [0.25, 0.3) is 0 Å². The van der Waals surface area contributed by atoms with Gasteiger partial charge in [0.2, 0.25) is 0 Å². The third kappa shape index (κ3) is 6.99. The van der Waals surface area contributed by atoms with Crippen molar-refractivity contribution in [1.82, 2.24) is 16.0 Å². The number of nitrogens with one attached hydrogen (secondary N) is 3. The molecule has 0 atom stereocenters. The number of hydrogen-bond donors (Lipinski definition) is 3. The molecule has 1 heterocycles. The number of para-hydroxylation sites is 1. The predicted octanol–water partition coefficient (Wildman–Crippen LogP) is 1.64. The molecule has 0 aliphatic rings. The Morgan fingerprint density at radius 1 is 1.08 bits per heavy atom. The summed E-state index contributed by atoms with van der Waals surface area (Å²) in [5, 5.41) is 9.09. The number of ether oxygens (including phenoxy) is 1. The van der Waals surface area contributed by atoms with Crippen LogP contribution in [0.3, 0.4) is 0 Å². The maximum atomic E-state index is 11.7. The second kappa shape index (κ2) is 10.7. The molecule has 0 aliphatic heterocycles. The monoisotopic (exact) mass is 344 g/mol. The Bertz CT molecular complexity index is 642. The van der Waals surface area contributed by atoms with Gasteiger partial charge in [0.1, 0.15) is 12.4 Å². The first-order chi connectivity index (χ1) is 12.3. The summed E-state index contributed by atoms with van der Waals surface area (Å²) in [4.78, 5) is 16.1. The maximum absolute atomic E-state index is 11.7. The van der Waals surface area contributed by atoms with E-state index in [-0.39, 0.29) is 5.91 Å². The van der Waals surface area contributed by atoms with E-state index in [0.717, 1.165) is 12.3 Å². The van der Waals surface area contributed by atoms with E-state index in [1.807, 2.05) is 37.3 Å². The van der Waals surface area contributed by atoms with Gasteiger partial charge in [-0.25, -0.2) is 0 Å². The fraction of sp³-hybridized carbons (Fsp3) is 0.333. The van der Waals surface area contributed by atoms with Crippen molar-refractivity contribution in [2.24, 2.45) is 4.99 Å². The molecular weight excluding hydrogens is 320 g/mol. The second-order valence-electron chi connectivity index (χ2n) is 5.08. The highest BCUT2D eigenvalue weighted by Gasteiger charge is 2.06. The van der Waals surface area contributed by atoms with Gasteiger partial charge in [-0.15, -0.1) is 0 Å². The molecule has 25 heavy (non-hydrogen) atoms. The van der Waals surface area contributed by atoms with E-state index in [0.29, 0.717) is 38.0 Å². The van der Waals surface area contributed by atoms with Gasteiger partial charge in [0.05, 0.1) is 19.4 Å². The van der Waals surface area contributed by atoms with E-state index in [4.69, 9.17) is 9.15 Å². The molecule has 3 N–H and O–H groups in total. The third-order valence-corrected chi connectivity index (χ3v) is 3.16. The standard InChI is InChI=1S/C18H24N4O3/c1-2-19-18(22-12-14-24-15-7-4-3-5-8-15)21-11-10-20-17(23)16-9-6-13-25-16/h3-9,13H,2,10-12,14H2,1H3,(H,20,23)(H2,19,21,22). The van der Waals surface area contributed by atoms with Gasteiger partial charge in [0.15, 0.2) is 11.7 Å². The Balaban J connectivity index is 1.66. The highest BCUT2D eigenvalue weighted by atomic mass is 16.5. The van der Waals surface area contributed by atoms with Crippen molar-refractivity contribution in [2.75, 3.05) is 32.8 Å². The van der Waals surface area contributed by atoms with Crippen LogP contribution in [0.5, 0.6) is 5.75 Å². The van der Waals surface area contributed by atoms with Crippen LogP contribution in [0.15, 0.2) is 58.1 Å². The Labute approximate surface area is 147 Å². The van der Waals surface area contributed by atoms with Crippen LogP contribution >= 0.6 is 0 Å². The van der Waals surface area contributed by atoms with Crippen molar-refractivity contribution >= 4 is 11.9 Å². The van der Waals surface area contributed by atoms with Crippen LogP contribution in [-0.4, -0.2) is 44.7 Å². The van der Waals surface area contributed by atoms with Crippen molar-refractivity contribution in [2.45, 2.75) is 6.92 Å². The molecule has 0 radical (unpaired) electrons. The molecule has 2 rings (SSSR count). The predicted molar refractivity (Wildman–Crippen MR) is 97.0 cm³/mol. The summed E-state index contributed by atoms with van der Waals surface area (Å²) < 4.78 is 10.6. The summed E-state index contributed by atoms with van der Waals surface area (Å²) in [6.45, 7) is 4.79. The summed E-state index contributed by atoms with van der Waals surface area (Å²) in [5.74, 6) is 1.58. The maximum Gasteiger partial charge on any atom is 0.287 e. The number of amides is 1. The number of guanidine groups is 1. The van der Waals surface area contributed by atoms with Crippen LogP contribution in [-0.2, 0) is 0 Å². The SMILES string of the molecule is CCNC(=NCCNC(=O)c1ccco1)NCCOc1ccccc1. The minimum absolute atomic E-state index is 0.241. The average Bonchev–Trinajstić information content (AvgIpc) is 3.17. The minimum atomic E-state index is -0.241. The van der Waals surface area contributed by atoms with Crippen LogP contribution < -0.4 is 20.7 Å². The molecule has 0 unspecified atom stereocenters. The van der Waals surface area contributed by atoms with Crippen LogP contribution in [0.2, 0.25) is 0 Å². The fourth-order valence-corrected chi connectivity index (χ4v) is 2.03. The molecule has 0 bridgehead atoms. The van der Waals surface area contributed by atoms with Crippen molar-refractivity contribution in [3.63, 3.8) is 0 Å². The molecule has 1 aromatic heterocycles. The van der Waals surface area contributed by atoms with Gasteiger partial charge in [-0.3, -0.25) is 9.79 Å². The normalized spacial score (nSPS) is 11.0. The van der Waals surface area contributed by atoms with Crippen molar-refractivity contribution in [1.29, 1.82) is 0 Å². The molecule has 7 nitrogen and oxygen atoms in total. The van der Waals surface area contributed by atoms with E-state index in [2.05, 4.69) is 20.9 Å². The molecule has 1 amide bonds.